The van der Waals surface area contributed by atoms with Crippen LogP contribution in [0.2, 0.25) is 5.02 Å². The topological polar surface area (TPSA) is 75.0 Å². The number of carbonyl (C=O) groups is 1. The number of nitrogens with zero attached hydrogens (tertiary/aromatic N) is 2. The Kier molecular flexibility index (Phi) is 7.39. The van der Waals surface area contributed by atoms with Gasteiger partial charge in [-0.2, -0.15) is 5.26 Å². The van der Waals surface area contributed by atoms with Crippen LogP contribution < -0.4 is 10.1 Å². The number of benzene rings is 2. The minimum Gasteiger partial charge on any atom is -0.489 e. The first kappa shape index (κ1) is 21.3. The lowest BCUT2D eigenvalue weighted by Crippen LogP contribution is -2.13. The number of carbonyl (C=O) groups excluding carboxylic acids is 1. The second-order valence-corrected chi connectivity index (χ2v) is 7.75. The van der Waals surface area contributed by atoms with Gasteiger partial charge < -0.3 is 4.74 Å². The molecule has 0 aliphatic rings. The summed E-state index contributed by atoms with van der Waals surface area (Å²) in [6.45, 7) is 3.91. The Morgan fingerprint density at radius 1 is 1.30 bits per heavy atom. The van der Waals surface area contributed by atoms with Crippen LogP contribution in [0.25, 0.3) is 6.08 Å². The van der Waals surface area contributed by atoms with E-state index >= 15 is 0 Å². The lowest BCUT2D eigenvalue weighted by atomic mass is 10.1. The average molecular weight is 436 g/mol. The molecule has 0 saturated heterocycles. The van der Waals surface area contributed by atoms with Gasteiger partial charge in [0.25, 0.3) is 5.91 Å². The molecular formula is C23H18ClN3O2S. The van der Waals surface area contributed by atoms with Gasteiger partial charge in [-0.3, -0.25) is 10.1 Å². The number of halogens is 1. The fourth-order valence-electron chi connectivity index (χ4n) is 2.62. The SMILES string of the molecule is C=CCOc1ccc(Cl)cc1C=C(C#N)C(=O)Nc1ncc(Cc2ccccc2)s1. The van der Waals surface area contributed by atoms with Gasteiger partial charge in [0.05, 0.1) is 0 Å². The van der Waals surface area contributed by atoms with Crippen molar-refractivity contribution in [3.63, 3.8) is 0 Å². The maximum atomic E-state index is 12.6. The van der Waals surface area contributed by atoms with Crippen LogP contribution in [0.4, 0.5) is 5.13 Å². The number of nitrogens with one attached hydrogen (secondary N) is 1. The first-order chi connectivity index (χ1) is 14.6. The van der Waals surface area contributed by atoms with Crippen LogP contribution >= 0.6 is 22.9 Å². The van der Waals surface area contributed by atoms with E-state index in [9.17, 15) is 10.1 Å². The molecule has 1 aromatic heterocycles. The van der Waals surface area contributed by atoms with E-state index in [1.165, 1.54) is 17.4 Å². The summed E-state index contributed by atoms with van der Waals surface area (Å²) in [6.07, 6.45) is 5.50. The van der Waals surface area contributed by atoms with Gasteiger partial charge in [0.15, 0.2) is 5.13 Å². The molecule has 1 N–H and O–H groups in total. The van der Waals surface area contributed by atoms with Gasteiger partial charge in [-0.1, -0.05) is 54.6 Å². The summed E-state index contributed by atoms with van der Waals surface area (Å²) < 4.78 is 5.57. The molecule has 7 heteroatoms. The van der Waals surface area contributed by atoms with Crippen molar-refractivity contribution >= 4 is 40.1 Å². The lowest BCUT2D eigenvalue weighted by molar-refractivity contribution is -0.112. The molecule has 30 heavy (non-hydrogen) atoms. The van der Waals surface area contributed by atoms with Gasteiger partial charge in [0, 0.05) is 28.1 Å². The molecule has 0 aliphatic heterocycles. The highest BCUT2D eigenvalue weighted by atomic mass is 35.5. The van der Waals surface area contributed by atoms with Crippen molar-refractivity contribution in [2.24, 2.45) is 0 Å². The molecule has 0 radical (unpaired) electrons. The number of rotatable bonds is 8. The van der Waals surface area contributed by atoms with Gasteiger partial charge in [-0.05, 0) is 29.8 Å². The molecule has 0 spiro atoms. The van der Waals surface area contributed by atoms with Gasteiger partial charge in [-0.25, -0.2) is 4.98 Å². The molecule has 0 atom stereocenters. The van der Waals surface area contributed by atoms with Crippen LogP contribution in [0.3, 0.4) is 0 Å². The van der Waals surface area contributed by atoms with Crippen molar-refractivity contribution in [2.45, 2.75) is 6.42 Å². The summed E-state index contributed by atoms with van der Waals surface area (Å²) >= 11 is 7.43. The third kappa shape index (κ3) is 5.80. The van der Waals surface area contributed by atoms with E-state index in [1.807, 2.05) is 36.4 Å². The van der Waals surface area contributed by atoms with Crippen molar-refractivity contribution in [3.8, 4) is 11.8 Å². The van der Waals surface area contributed by atoms with Gasteiger partial charge in [0.2, 0.25) is 0 Å². The zero-order chi connectivity index (χ0) is 21.3. The molecule has 0 saturated carbocycles. The number of thiazole rings is 1. The maximum absolute atomic E-state index is 12.6. The normalized spacial score (nSPS) is 10.9. The van der Waals surface area contributed by atoms with Gasteiger partial charge in [0.1, 0.15) is 24.0 Å². The van der Waals surface area contributed by atoms with E-state index in [0.717, 1.165) is 16.9 Å². The number of anilines is 1. The molecule has 2 aromatic carbocycles. The highest BCUT2D eigenvalue weighted by molar-refractivity contribution is 7.15. The molecule has 0 bridgehead atoms. The number of ether oxygens (including phenoxy) is 1. The summed E-state index contributed by atoms with van der Waals surface area (Å²) in [5.74, 6) is -0.0491. The summed E-state index contributed by atoms with van der Waals surface area (Å²) in [5.41, 5.74) is 1.60. The van der Waals surface area contributed by atoms with Gasteiger partial charge in [-0.15, -0.1) is 11.3 Å². The largest absolute Gasteiger partial charge is 0.489 e. The molecule has 0 aliphatic carbocycles. The number of hydrogen-bond acceptors (Lipinski definition) is 5. The molecule has 5 nitrogen and oxygen atoms in total. The smallest absolute Gasteiger partial charge is 0.268 e. The second kappa shape index (κ2) is 10.4. The first-order valence-corrected chi connectivity index (χ1v) is 10.2. The third-order valence-corrected chi connectivity index (χ3v) is 5.14. The Bertz CT molecular complexity index is 1120. The zero-order valence-corrected chi connectivity index (χ0v) is 17.5. The first-order valence-electron chi connectivity index (χ1n) is 9.04. The maximum Gasteiger partial charge on any atom is 0.268 e. The molecule has 3 aromatic rings. The van der Waals surface area contributed by atoms with E-state index < -0.39 is 5.91 Å². The highest BCUT2D eigenvalue weighted by Crippen LogP contribution is 2.26. The second-order valence-electron chi connectivity index (χ2n) is 6.20. The fourth-order valence-corrected chi connectivity index (χ4v) is 3.65. The summed E-state index contributed by atoms with van der Waals surface area (Å²) in [4.78, 5) is 17.9. The van der Waals surface area contributed by atoms with Crippen molar-refractivity contribution in [1.29, 1.82) is 5.26 Å². The van der Waals surface area contributed by atoms with E-state index in [1.54, 1.807) is 30.5 Å². The minimum atomic E-state index is -0.548. The minimum absolute atomic E-state index is 0.0828. The van der Waals surface area contributed by atoms with E-state index in [-0.39, 0.29) is 5.57 Å². The Labute approximate surface area is 183 Å². The molecule has 1 amide bonds. The molecule has 1 heterocycles. The third-order valence-electron chi connectivity index (χ3n) is 3.99. The summed E-state index contributed by atoms with van der Waals surface area (Å²) in [7, 11) is 0. The summed E-state index contributed by atoms with van der Waals surface area (Å²) in [6, 6.07) is 16.9. The van der Waals surface area contributed by atoms with Gasteiger partial charge >= 0.3 is 0 Å². The Morgan fingerprint density at radius 3 is 2.83 bits per heavy atom. The molecule has 0 unspecified atom stereocenters. The van der Waals surface area contributed by atoms with Crippen LogP contribution in [-0.2, 0) is 11.2 Å². The van der Waals surface area contributed by atoms with E-state index in [4.69, 9.17) is 16.3 Å². The fraction of sp³-hybridized carbons (Fsp3) is 0.0870. The number of hydrogen-bond donors (Lipinski definition) is 1. The molecule has 0 fully saturated rings. The standard InChI is InChI=1S/C23H18ClN3O2S/c1-2-10-29-21-9-8-19(24)13-17(21)12-18(14-25)22(28)27-23-26-15-20(30-23)11-16-6-4-3-5-7-16/h2-9,12-13,15H,1,10-11H2,(H,26,27,28). The Hall–Kier alpha value is -3.40. The van der Waals surface area contributed by atoms with E-state index in [0.29, 0.717) is 28.1 Å². The highest BCUT2D eigenvalue weighted by Gasteiger charge is 2.14. The van der Waals surface area contributed by atoms with Crippen molar-refractivity contribution in [3.05, 3.63) is 94.0 Å². The predicted octanol–water partition coefficient (Wildman–Crippen LogP) is 5.50. The van der Waals surface area contributed by atoms with Crippen molar-refractivity contribution in [1.82, 2.24) is 4.98 Å². The molecule has 3 rings (SSSR count). The number of aromatic nitrogens is 1. The van der Waals surface area contributed by atoms with Crippen LogP contribution in [-0.4, -0.2) is 17.5 Å². The molecule has 150 valence electrons. The summed E-state index contributed by atoms with van der Waals surface area (Å²) in [5, 5.41) is 13.1. The van der Waals surface area contributed by atoms with Crippen molar-refractivity contribution < 1.29 is 9.53 Å². The Morgan fingerprint density at radius 2 is 2.10 bits per heavy atom. The molecular weight excluding hydrogens is 418 g/mol. The van der Waals surface area contributed by atoms with Crippen LogP contribution in [0.1, 0.15) is 16.0 Å². The average Bonchev–Trinajstić information content (AvgIpc) is 3.18. The van der Waals surface area contributed by atoms with Crippen LogP contribution in [0, 0.1) is 11.3 Å². The Balaban J connectivity index is 1.75. The zero-order valence-electron chi connectivity index (χ0n) is 16.0. The quantitative estimate of drug-likeness (QED) is 0.288. The predicted molar refractivity (Wildman–Crippen MR) is 121 cm³/mol. The number of nitriles is 1. The van der Waals surface area contributed by atoms with E-state index in [2.05, 4.69) is 16.9 Å². The van der Waals surface area contributed by atoms with Crippen LogP contribution in [0.15, 0.2) is 73.0 Å². The van der Waals surface area contributed by atoms with Crippen LogP contribution in [0.5, 0.6) is 5.75 Å². The van der Waals surface area contributed by atoms with Crippen molar-refractivity contribution in [2.75, 3.05) is 11.9 Å². The number of amides is 1. The monoisotopic (exact) mass is 435 g/mol. The lowest BCUT2D eigenvalue weighted by Gasteiger charge is -2.08.